The van der Waals surface area contributed by atoms with Gasteiger partial charge in [0.2, 0.25) is 11.7 Å². The van der Waals surface area contributed by atoms with Crippen LogP contribution in [0.4, 0.5) is 0 Å². The highest BCUT2D eigenvalue weighted by molar-refractivity contribution is 7.14. The van der Waals surface area contributed by atoms with Gasteiger partial charge in [-0.15, -0.1) is 11.3 Å². The van der Waals surface area contributed by atoms with E-state index in [1.54, 1.807) is 6.07 Å². The van der Waals surface area contributed by atoms with Gasteiger partial charge in [0, 0.05) is 10.8 Å². The van der Waals surface area contributed by atoms with E-state index in [0.717, 1.165) is 24.1 Å². The normalized spacial score (nSPS) is 14.4. The Bertz CT molecular complexity index is 630. The minimum atomic E-state index is -0.975. The predicted octanol–water partition coefficient (Wildman–Crippen LogP) is 2.85. The summed E-state index contributed by atoms with van der Waals surface area (Å²) in [6.45, 7) is 2.10. The zero-order valence-electron chi connectivity index (χ0n) is 11.0. The van der Waals surface area contributed by atoms with Crippen LogP contribution in [0.2, 0.25) is 0 Å². The molecular formula is C13H14N2O4S. The molecule has 1 N–H and O–H groups in total. The summed E-state index contributed by atoms with van der Waals surface area (Å²) in [5.41, 5.74) is 0. The third-order valence-corrected chi connectivity index (χ3v) is 4.31. The molecule has 3 rings (SSSR count). The topological polar surface area (TPSA) is 85.5 Å². The van der Waals surface area contributed by atoms with Crippen LogP contribution >= 0.6 is 11.3 Å². The third kappa shape index (κ3) is 2.67. The largest absolute Gasteiger partial charge is 0.484 e. The van der Waals surface area contributed by atoms with Crippen molar-refractivity contribution in [2.24, 2.45) is 0 Å². The van der Waals surface area contributed by atoms with E-state index in [4.69, 9.17) is 14.4 Å². The van der Waals surface area contributed by atoms with Crippen molar-refractivity contribution in [1.82, 2.24) is 10.1 Å². The maximum absolute atomic E-state index is 11.1. The van der Waals surface area contributed by atoms with Crippen molar-refractivity contribution < 1.29 is 19.2 Å². The van der Waals surface area contributed by atoms with Crippen molar-refractivity contribution in [2.45, 2.75) is 38.7 Å². The molecular weight excluding hydrogens is 280 g/mol. The van der Waals surface area contributed by atoms with Crippen LogP contribution in [-0.2, 0) is 13.0 Å². The Hall–Kier alpha value is -1.89. The van der Waals surface area contributed by atoms with Gasteiger partial charge in [0.15, 0.2) is 11.5 Å². The Morgan fingerprint density at radius 1 is 1.60 bits per heavy atom. The van der Waals surface area contributed by atoms with E-state index < -0.39 is 5.97 Å². The molecule has 0 unspecified atom stereocenters. The molecule has 0 radical (unpaired) electrons. The van der Waals surface area contributed by atoms with Crippen molar-refractivity contribution in [3.8, 4) is 5.75 Å². The van der Waals surface area contributed by atoms with Crippen LogP contribution < -0.4 is 4.74 Å². The molecule has 0 bridgehead atoms. The molecule has 2 aromatic rings. The second kappa shape index (κ2) is 5.24. The Kier molecular flexibility index (Phi) is 3.43. The monoisotopic (exact) mass is 294 g/mol. The Morgan fingerprint density at radius 2 is 2.40 bits per heavy atom. The van der Waals surface area contributed by atoms with Gasteiger partial charge in [-0.3, -0.25) is 0 Å². The first-order valence-electron chi connectivity index (χ1n) is 6.48. The summed E-state index contributed by atoms with van der Waals surface area (Å²) >= 11 is 1.23. The van der Waals surface area contributed by atoms with Gasteiger partial charge in [-0.05, 0) is 25.3 Å². The highest BCUT2D eigenvalue weighted by atomic mass is 32.1. The quantitative estimate of drug-likeness (QED) is 0.881. The first-order valence-corrected chi connectivity index (χ1v) is 7.30. The van der Waals surface area contributed by atoms with Gasteiger partial charge in [0.1, 0.15) is 5.75 Å². The first-order chi connectivity index (χ1) is 9.67. The lowest BCUT2D eigenvalue weighted by molar-refractivity contribution is 0.0697. The van der Waals surface area contributed by atoms with Gasteiger partial charge in [-0.2, -0.15) is 4.98 Å². The number of rotatable bonds is 6. The molecule has 0 amide bonds. The number of aromatic carboxylic acids is 1. The second-order valence-electron chi connectivity index (χ2n) is 4.68. The van der Waals surface area contributed by atoms with Crippen LogP contribution in [0.15, 0.2) is 10.6 Å². The fraction of sp³-hybridized carbons (Fsp3) is 0.462. The summed E-state index contributed by atoms with van der Waals surface area (Å²) in [5, 5.41) is 13.0. The molecule has 20 heavy (non-hydrogen) atoms. The Morgan fingerprint density at radius 3 is 3.05 bits per heavy atom. The molecule has 1 fully saturated rings. The molecule has 0 saturated heterocycles. The Labute approximate surface area is 119 Å². The van der Waals surface area contributed by atoms with Crippen molar-refractivity contribution in [1.29, 1.82) is 0 Å². The number of ether oxygens (including phenoxy) is 1. The molecule has 0 aromatic carbocycles. The highest BCUT2D eigenvalue weighted by Crippen LogP contribution is 2.39. The summed E-state index contributed by atoms with van der Waals surface area (Å²) in [7, 11) is 0. The number of thiophene rings is 1. The van der Waals surface area contributed by atoms with Crippen LogP contribution in [0.3, 0.4) is 0 Å². The van der Waals surface area contributed by atoms with Crippen molar-refractivity contribution in [3.05, 3.63) is 27.5 Å². The summed E-state index contributed by atoms with van der Waals surface area (Å²) < 4.78 is 10.7. The number of carbonyl (C=O) groups is 1. The van der Waals surface area contributed by atoms with Gasteiger partial charge in [0.05, 0.1) is 0 Å². The maximum Gasteiger partial charge on any atom is 0.349 e. The number of nitrogens with zero attached hydrogens (tertiary/aromatic N) is 2. The second-order valence-corrected chi connectivity index (χ2v) is 5.81. The van der Waals surface area contributed by atoms with Gasteiger partial charge >= 0.3 is 5.97 Å². The molecule has 1 aliphatic rings. The number of hydrogen-bond acceptors (Lipinski definition) is 6. The van der Waals surface area contributed by atoms with E-state index in [0.29, 0.717) is 23.4 Å². The van der Waals surface area contributed by atoms with Gasteiger partial charge < -0.3 is 14.4 Å². The predicted molar refractivity (Wildman–Crippen MR) is 71.3 cm³/mol. The SMILES string of the molecule is CCc1cc(OCc2noc(C3CC3)n2)c(C(=O)O)s1. The number of carboxylic acid groups (broad SMARTS) is 1. The smallest absolute Gasteiger partial charge is 0.349 e. The zero-order chi connectivity index (χ0) is 14.1. The van der Waals surface area contributed by atoms with Gasteiger partial charge in [-0.1, -0.05) is 12.1 Å². The minimum absolute atomic E-state index is 0.121. The van der Waals surface area contributed by atoms with Crippen molar-refractivity contribution in [3.63, 3.8) is 0 Å². The molecule has 0 aliphatic heterocycles. The molecule has 7 heteroatoms. The molecule has 0 atom stereocenters. The van der Waals surface area contributed by atoms with Crippen LogP contribution in [0, 0.1) is 0 Å². The van der Waals surface area contributed by atoms with Crippen molar-refractivity contribution in [2.75, 3.05) is 0 Å². The van der Waals surface area contributed by atoms with Crippen LogP contribution in [0.1, 0.15) is 51.9 Å². The number of aryl methyl sites for hydroxylation is 1. The summed E-state index contributed by atoms with van der Waals surface area (Å²) in [6.07, 6.45) is 2.97. The molecule has 106 valence electrons. The van der Waals surface area contributed by atoms with E-state index in [9.17, 15) is 4.79 Å². The number of aromatic nitrogens is 2. The fourth-order valence-electron chi connectivity index (χ4n) is 1.82. The minimum Gasteiger partial charge on any atom is -0.484 e. The lowest BCUT2D eigenvalue weighted by Gasteiger charge is -2.01. The number of hydrogen-bond donors (Lipinski definition) is 1. The van der Waals surface area contributed by atoms with Gasteiger partial charge in [-0.25, -0.2) is 4.79 Å². The Balaban J connectivity index is 1.70. The highest BCUT2D eigenvalue weighted by Gasteiger charge is 2.29. The molecule has 2 heterocycles. The fourth-order valence-corrected chi connectivity index (χ4v) is 2.70. The molecule has 1 saturated carbocycles. The van der Waals surface area contributed by atoms with E-state index in [1.807, 2.05) is 6.92 Å². The molecule has 0 spiro atoms. The summed E-state index contributed by atoms with van der Waals surface area (Å²) in [4.78, 5) is 16.6. The molecule has 6 nitrogen and oxygen atoms in total. The van der Waals surface area contributed by atoms with Gasteiger partial charge in [0.25, 0.3) is 0 Å². The lowest BCUT2D eigenvalue weighted by Crippen LogP contribution is -2.01. The van der Waals surface area contributed by atoms with Crippen LogP contribution in [-0.4, -0.2) is 21.2 Å². The summed E-state index contributed by atoms with van der Waals surface area (Å²) in [6, 6.07) is 1.76. The number of carboxylic acids is 1. The molecule has 2 aromatic heterocycles. The third-order valence-electron chi connectivity index (χ3n) is 3.06. The van der Waals surface area contributed by atoms with E-state index in [1.165, 1.54) is 11.3 Å². The van der Waals surface area contributed by atoms with E-state index >= 15 is 0 Å². The first kappa shape index (κ1) is 13.1. The maximum atomic E-state index is 11.1. The standard InChI is InChI=1S/C13H14N2O4S/c1-2-8-5-9(11(20-8)13(16)17)18-6-10-14-12(19-15-10)7-3-4-7/h5,7H,2-4,6H2,1H3,(H,16,17). The van der Waals surface area contributed by atoms with Crippen molar-refractivity contribution >= 4 is 17.3 Å². The van der Waals surface area contributed by atoms with Crippen LogP contribution in [0.25, 0.3) is 0 Å². The van der Waals surface area contributed by atoms with Crippen LogP contribution in [0.5, 0.6) is 5.75 Å². The lowest BCUT2D eigenvalue weighted by atomic mass is 10.3. The summed E-state index contributed by atoms with van der Waals surface area (Å²) in [5.74, 6) is 0.904. The average molecular weight is 294 g/mol. The average Bonchev–Trinajstić information content (AvgIpc) is 3.03. The van der Waals surface area contributed by atoms with E-state index in [-0.39, 0.29) is 11.5 Å². The molecule has 1 aliphatic carbocycles. The van der Waals surface area contributed by atoms with E-state index in [2.05, 4.69) is 10.1 Å². The zero-order valence-corrected chi connectivity index (χ0v) is 11.8.